The maximum absolute atomic E-state index is 13.0. The number of nitrogens with two attached hydrogens (primary N) is 1. The molecule has 0 aromatic heterocycles. The molecule has 0 radical (unpaired) electrons. The third kappa shape index (κ3) is 3.22. The quantitative estimate of drug-likeness (QED) is 0.637. The number of carbonyl (C=O) groups is 1. The Labute approximate surface area is 127 Å². The summed E-state index contributed by atoms with van der Waals surface area (Å²) in [4.78, 5) is 11.9. The van der Waals surface area contributed by atoms with Crippen molar-refractivity contribution in [2.75, 3.05) is 11.1 Å². The van der Waals surface area contributed by atoms with Crippen LogP contribution in [0.2, 0.25) is 10.0 Å². The molecular formula is C13H7Cl2F3N2O. The monoisotopic (exact) mass is 334 g/mol. The van der Waals surface area contributed by atoms with Crippen LogP contribution in [0, 0.1) is 17.5 Å². The van der Waals surface area contributed by atoms with Gasteiger partial charge in [-0.1, -0.05) is 23.2 Å². The highest BCUT2D eigenvalue weighted by Gasteiger charge is 2.15. The smallest absolute Gasteiger partial charge is 0.255 e. The zero-order valence-electron chi connectivity index (χ0n) is 10.2. The maximum atomic E-state index is 13.0. The second kappa shape index (κ2) is 5.83. The third-order valence-corrected chi connectivity index (χ3v) is 3.21. The average molecular weight is 335 g/mol. The predicted octanol–water partition coefficient (Wildman–Crippen LogP) is 4.25. The van der Waals surface area contributed by atoms with Crippen LogP contribution in [0.15, 0.2) is 24.3 Å². The summed E-state index contributed by atoms with van der Waals surface area (Å²) in [6.07, 6.45) is 0. The number of hydrogen-bond donors (Lipinski definition) is 2. The van der Waals surface area contributed by atoms with Gasteiger partial charge in [0.1, 0.15) is 0 Å². The Bertz CT molecular complexity index is 691. The molecule has 0 aliphatic heterocycles. The van der Waals surface area contributed by atoms with Crippen molar-refractivity contribution >= 4 is 40.5 Å². The van der Waals surface area contributed by atoms with Gasteiger partial charge in [0.25, 0.3) is 5.91 Å². The van der Waals surface area contributed by atoms with Crippen LogP contribution < -0.4 is 11.1 Å². The number of amides is 1. The lowest BCUT2D eigenvalue weighted by Crippen LogP contribution is -2.13. The molecule has 0 saturated carbocycles. The van der Waals surface area contributed by atoms with Crippen molar-refractivity contribution in [2.45, 2.75) is 0 Å². The molecule has 0 heterocycles. The summed E-state index contributed by atoms with van der Waals surface area (Å²) in [6.45, 7) is 0. The Morgan fingerprint density at radius 1 is 1.00 bits per heavy atom. The van der Waals surface area contributed by atoms with Gasteiger partial charge in [0.05, 0.1) is 15.7 Å². The number of rotatable bonds is 2. The Kier molecular flexibility index (Phi) is 4.29. The Hall–Kier alpha value is -1.92. The van der Waals surface area contributed by atoms with Gasteiger partial charge >= 0.3 is 0 Å². The van der Waals surface area contributed by atoms with E-state index in [1.165, 1.54) is 12.1 Å². The summed E-state index contributed by atoms with van der Waals surface area (Å²) in [6, 6.07) is 3.79. The van der Waals surface area contributed by atoms with E-state index in [0.29, 0.717) is 12.1 Å². The van der Waals surface area contributed by atoms with Gasteiger partial charge in [-0.3, -0.25) is 4.79 Å². The van der Waals surface area contributed by atoms with Crippen molar-refractivity contribution in [3.8, 4) is 0 Å². The minimum absolute atomic E-state index is 0.0318. The molecule has 8 heteroatoms. The minimum Gasteiger partial charge on any atom is -0.396 e. The first-order chi connectivity index (χ1) is 9.79. The number of anilines is 2. The second-order valence-corrected chi connectivity index (χ2v) is 4.88. The number of halogens is 5. The standard InChI is InChI=1S/C13H7Cl2F3N2O/c14-7-1-5(2-8(15)12(7)19)13(21)20-6-3-9(16)11(18)10(17)4-6/h1-4H,19H2,(H,20,21). The van der Waals surface area contributed by atoms with Crippen molar-refractivity contribution in [1.82, 2.24) is 0 Å². The molecule has 0 saturated heterocycles. The third-order valence-electron chi connectivity index (χ3n) is 2.58. The number of nitrogen functional groups attached to an aromatic ring is 1. The first-order valence-corrected chi connectivity index (χ1v) is 6.25. The van der Waals surface area contributed by atoms with E-state index in [4.69, 9.17) is 28.9 Å². The van der Waals surface area contributed by atoms with Crippen LogP contribution in [0.5, 0.6) is 0 Å². The molecule has 3 nitrogen and oxygen atoms in total. The predicted molar refractivity (Wildman–Crippen MR) is 75.1 cm³/mol. The van der Waals surface area contributed by atoms with Crippen molar-refractivity contribution < 1.29 is 18.0 Å². The lowest BCUT2D eigenvalue weighted by Gasteiger charge is -2.08. The number of benzene rings is 2. The Balaban J connectivity index is 2.30. The fourth-order valence-electron chi connectivity index (χ4n) is 1.55. The fourth-order valence-corrected chi connectivity index (χ4v) is 2.03. The molecule has 0 atom stereocenters. The van der Waals surface area contributed by atoms with E-state index in [-0.39, 0.29) is 27.0 Å². The molecule has 0 aliphatic rings. The first kappa shape index (κ1) is 15.5. The first-order valence-electron chi connectivity index (χ1n) is 5.50. The summed E-state index contributed by atoms with van der Waals surface area (Å²) in [5.74, 6) is -5.19. The van der Waals surface area contributed by atoms with E-state index in [2.05, 4.69) is 5.32 Å². The van der Waals surface area contributed by atoms with Crippen LogP contribution in [-0.4, -0.2) is 5.91 Å². The van der Waals surface area contributed by atoms with Crippen LogP contribution in [0.1, 0.15) is 10.4 Å². The van der Waals surface area contributed by atoms with Crippen LogP contribution in [0.3, 0.4) is 0 Å². The van der Waals surface area contributed by atoms with Gasteiger partial charge in [0, 0.05) is 23.4 Å². The van der Waals surface area contributed by atoms with Crippen LogP contribution in [0.4, 0.5) is 24.5 Å². The molecule has 2 aromatic carbocycles. The molecule has 21 heavy (non-hydrogen) atoms. The van der Waals surface area contributed by atoms with Gasteiger partial charge in [-0.2, -0.15) is 0 Å². The maximum Gasteiger partial charge on any atom is 0.255 e. The van der Waals surface area contributed by atoms with Crippen molar-refractivity contribution in [2.24, 2.45) is 0 Å². The summed E-state index contributed by atoms with van der Waals surface area (Å²) in [5, 5.41) is 2.32. The number of carbonyl (C=O) groups excluding carboxylic acids is 1. The molecule has 2 rings (SSSR count). The highest BCUT2D eigenvalue weighted by molar-refractivity contribution is 6.39. The van der Waals surface area contributed by atoms with E-state index < -0.39 is 23.4 Å². The zero-order valence-corrected chi connectivity index (χ0v) is 11.7. The van der Waals surface area contributed by atoms with Gasteiger partial charge in [-0.15, -0.1) is 0 Å². The van der Waals surface area contributed by atoms with E-state index in [1.54, 1.807) is 0 Å². The largest absolute Gasteiger partial charge is 0.396 e. The number of hydrogen-bond acceptors (Lipinski definition) is 2. The topological polar surface area (TPSA) is 55.1 Å². The summed E-state index contributed by atoms with van der Waals surface area (Å²) < 4.78 is 38.9. The molecule has 0 spiro atoms. The molecule has 2 aromatic rings. The Morgan fingerprint density at radius 3 is 1.95 bits per heavy atom. The molecule has 0 aliphatic carbocycles. The van der Waals surface area contributed by atoms with E-state index >= 15 is 0 Å². The van der Waals surface area contributed by atoms with Crippen molar-refractivity contribution in [1.29, 1.82) is 0 Å². The molecular weight excluding hydrogens is 328 g/mol. The molecule has 1 amide bonds. The van der Waals surface area contributed by atoms with Crippen LogP contribution in [0.25, 0.3) is 0 Å². The summed E-state index contributed by atoms with van der Waals surface area (Å²) >= 11 is 11.6. The van der Waals surface area contributed by atoms with E-state index in [9.17, 15) is 18.0 Å². The SMILES string of the molecule is Nc1c(Cl)cc(C(=O)Nc2cc(F)c(F)c(F)c2)cc1Cl. The lowest BCUT2D eigenvalue weighted by atomic mass is 10.2. The summed E-state index contributed by atoms with van der Waals surface area (Å²) in [7, 11) is 0. The van der Waals surface area contributed by atoms with Crippen molar-refractivity contribution in [3.05, 3.63) is 57.3 Å². The summed E-state index contributed by atoms with van der Waals surface area (Å²) in [5.41, 5.74) is 5.41. The minimum atomic E-state index is -1.62. The molecule has 0 unspecified atom stereocenters. The van der Waals surface area contributed by atoms with Gasteiger partial charge in [0.2, 0.25) is 0 Å². The second-order valence-electron chi connectivity index (χ2n) is 4.06. The van der Waals surface area contributed by atoms with E-state index in [0.717, 1.165) is 0 Å². The van der Waals surface area contributed by atoms with Gasteiger partial charge in [0.15, 0.2) is 17.5 Å². The molecule has 110 valence electrons. The molecule has 3 N–H and O–H groups in total. The van der Waals surface area contributed by atoms with E-state index in [1.807, 2.05) is 0 Å². The molecule has 0 bridgehead atoms. The number of nitrogens with one attached hydrogen (secondary N) is 1. The average Bonchev–Trinajstić information content (AvgIpc) is 2.41. The van der Waals surface area contributed by atoms with Crippen molar-refractivity contribution in [3.63, 3.8) is 0 Å². The van der Waals surface area contributed by atoms with Gasteiger partial charge < -0.3 is 11.1 Å². The van der Waals surface area contributed by atoms with Crippen LogP contribution >= 0.6 is 23.2 Å². The van der Waals surface area contributed by atoms with Gasteiger partial charge in [-0.05, 0) is 12.1 Å². The molecule has 0 fully saturated rings. The normalized spacial score (nSPS) is 10.5. The van der Waals surface area contributed by atoms with Gasteiger partial charge in [-0.25, -0.2) is 13.2 Å². The zero-order chi connectivity index (χ0) is 15.7. The Morgan fingerprint density at radius 2 is 1.48 bits per heavy atom. The van der Waals surface area contributed by atoms with Crippen LogP contribution in [-0.2, 0) is 0 Å². The highest BCUT2D eigenvalue weighted by Crippen LogP contribution is 2.29. The lowest BCUT2D eigenvalue weighted by molar-refractivity contribution is 0.102. The highest BCUT2D eigenvalue weighted by atomic mass is 35.5. The fraction of sp³-hybridized carbons (Fsp3) is 0.